The molecule has 1 aliphatic carbocycles. The molecule has 1 saturated heterocycles. The molecule has 2 fully saturated rings. The second-order valence-electron chi connectivity index (χ2n) is 8.84. The summed E-state index contributed by atoms with van der Waals surface area (Å²) in [7, 11) is 0. The Morgan fingerprint density at radius 1 is 1.21 bits per heavy atom. The Kier molecular flexibility index (Phi) is 5.93. The molecular formula is C25H29FN4O3. The van der Waals surface area contributed by atoms with Gasteiger partial charge >= 0.3 is 0 Å². The maximum absolute atomic E-state index is 15.2. The molecule has 3 aromatic rings. The fraction of sp³-hybridized carbons (Fsp3) is 0.440. The van der Waals surface area contributed by atoms with Crippen LogP contribution in [-0.4, -0.2) is 54.6 Å². The predicted octanol–water partition coefficient (Wildman–Crippen LogP) is 3.18. The Balaban J connectivity index is 1.45. The van der Waals surface area contributed by atoms with E-state index in [0.717, 1.165) is 51.3 Å². The number of furan rings is 1. The molecule has 0 bridgehead atoms. The number of carbonyl (C=O) groups excluding carboxylic acids is 1. The number of amides is 1. The highest BCUT2D eigenvalue weighted by Gasteiger charge is 2.28. The van der Waals surface area contributed by atoms with E-state index in [-0.39, 0.29) is 17.0 Å². The highest BCUT2D eigenvalue weighted by Crippen LogP contribution is 2.38. The van der Waals surface area contributed by atoms with Crippen LogP contribution in [0.1, 0.15) is 41.9 Å². The van der Waals surface area contributed by atoms with Gasteiger partial charge in [0.2, 0.25) is 5.43 Å². The van der Waals surface area contributed by atoms with Crippen molar-refractivity contribution in [3.05, 3.63) is 64.1 Å². The highest BCUT2D eigenvalue weighted by atomic mass is 19.1. The van der Waals surface area contributed by atoms with Crippen molar-refractivity contribution in [2.24, 2.45) is 0 Å². The summed E-state index contributed by atoms with van der Waals surface area (Å²) in [6.07, 6.45) is 5.74. The molecule has 1 saturated carbocycles. The zero-order chi connectivity index (χ0) is 22.9. The molecule has 1 aliphatic heterocycles. The van der Waals surface area contributed by atoms with Gasteiger partial charge in [0.1, 0.15) is 17.1 Å². The van der Waals surface area contributed by atoms with Gasteiger partial charge in [-0.1, -0.05) is 6.92 Å². The first-order valence-electron chi connectivity index (χ1n) is 11.7. The Labute approximate surface area is 191 Å². The minimum atomic E-state index is -0.442. The van der Waals surface area contributed by atoms with Crippen LogP contribution < -0.4 is 15.6 Å². The molecule has 2 aromatic heterocycles. The van der Waals surface area contributed by atoms with Gasteiger partial charge in [0, 0.05) is 56.8 Å². The van der Waals surface area contributed by atoms with E-state index in [0.29, 0.717) is 24.2 Å². The molecule has 1 amide bonds. The molecule has 2 aliphatic rings. The molecule has 1 N–H and O–H groups in total. The van der Waals surface area contributed by atoms with Gasteiger partial charge in [-0.25, -0.2) is 4.39 Å². The lowest BCUT2D eigenvalue weighted by atomic mass is 10.1. The van der Waals surface area contributed by atoms with E-state index < -0.39 is 17.2 Å². The summed E-state index contributed by atoms with van der Waals surface area (Å²) in [5.41, 5.74) is 0.850. The number of halogens is 1. The first kappa shape index (κ1) is 21.7. The molecule has 0 unspecified atom stereocenters. The van der Waals surface area contributed by atoms with Crippen LogP contribution in [0.25, 0.3) is 10.9 Å². The van der Waals surface area contributed by atoms with E-state index in [2.05, 4.69) is 22.0 Å². The molecule has 174 valence electrons. The van der Waals surface area contributed by atoms with Gasteiger partial charge < -0.3 is 24.1 Å². The van der Waals surface area contributed by atoms with Gasteiger partial charge in [0.25, 0.3) is 5.91 Å². The van der Waals surface area contributed by atoms with E-state index in [1.165, 1.54) is 6.07 Å². The molecule has 3 heterocycles. The number of carbonyl (C=O) groups is 1. The monoisotopic (exact) mass is 452 g/mol. The Bertz CT molecular complexity index is 1210. The first-order valence-corrected chi connectivity index (χ1v) is 11.7. The second-order valence-corrected chi connectivity index (χ2v) is 8.84. The van der Waals surface area contributed by atoms with Crippen molar-refractivity contribution in [3.63, 3.8) is 0 Å². The predicted molar refractivity (Wildman–Crippen MR) is 126 cm³/mol. The van der Waals surface area contributed by atoms with Gasteiger partial charge in [0.15, 0.2) is 0 Å². The molecule has 33 heavy (non-hydrogen) atoms. The summed E-state index contributed by atoms with van der Waals surface area (Å²) >= 11 is 0. The minimum absolute atomic E-state index is 0.0533. The fourth-order valence-corrected chi connectivity index (χ4v) is 4.57. The van der Waals surface area contributed by atoms with Crippen molar-refractivity contribution >= 4 is 22.5 Å². The molecule has 8 heteroatoms. The van der Waals surface area contributed by atoms with Crippen LogP contribution in [0.5, 0.6) is 0 Å². The number of aromatic nitrogens is 1. The van der Waals surface area contributed by atoms with Crippen LogP contribution in [0.15, 0.2) is 45.9 Å². The standard InChI is InChI=1S/C25H29FN4O3/c1-2-28-9-11-29(12-10-28)23-15-22-19(14-21(23)26)24(31)20(16-30(22)17-5-6-17)25(32)27-8-7-18-4-3-13-33-18/h3-4,13-17H,2,5-12H2,1H3,(H,27,32). The third-order valence-corrected chi connectivity index (χ3v) is 6.68. The molecule has 0 atom stereocenters. The average molecular weight is 453 g/mol. The van der Waals surface area contributed by atoms with Gasteiger partial charge in [0.05, 0.1) is 17.5 Å². The van der Waals surface area contributed by atoms with Crippen molar-refractivity contribution < 1.29 is 13.6 Å². The van der Waals surface area contributed by atoms with Gasteiger partial charge in [-0.2, -0.15) is 0 Å². The minimum Gasteiger partial charge on any atom is -0.469 e. The zero-order valence-corrected chi connectivity index (χ0v) is 18.8. The van der Waals surface area contributed by atoms with Crippen molar-refractivity contribution in [1.29, 1.82) is 0 Å². The number of fused-ring (bicyclic) bond motifs is 1. The smallest absolute Gasteiger partial charge is 0.256 e. The molecule has 0 spiro atoms. The Morgan fingerprint density at radius 3 is 2.67 bits per heavy atom. The average Bonchev–Trinajstić information content (AvgIpc) is 3.54. The molecular weight excluding hydrogens is 423 g/mol. The molecule has 1 aromatic carbocycles. The number of likely N-dealkylation sites (N-methyl/N-ethyl adjacent to an activating group) is 1. The number of rotatable bonds is 7. The SMILES string of the molecule is CCN1CCN(c2cc3c(cc2F)c(=O)c(C(=O)NCCc2ccco2)cn3C2CC2)CC1. The molecule has 5 rings (SSSR count). The largest absolute Gasteiger partial charge is 0.469 e. The summed E-state index contributed by atoms with van der Waals surface area (Å²) in [4.78, 5) is 30.4. The molecule has 7 nitrogen and oxygen atoms in total. The van der Waals surface area contributed by atoms with Crippen LogP contribution in [0.3, 0.4) is 0 Å². The van der Waals surface area contributed by atoms with Gasteiger partial charge in [-0.15, -0.1) is 0 Å². The number of nitrogens with one attached hydrogen (secondary N) is 1. The number of piperazine rings is 1. The number of hydrogen-bond acceptors (Lipinski definition) is 5. The third kappa shape index (κ3) is 4.39. The van der Waals surface area contributed by atoms with E-state index in [9.17, 15) is 9.59 Å². The normalized spacial score (nSPS) is 17.0. The van der Waals surface area contributed by atoms with Gasteiger partial charge in [-0.3, -0.25) is 9.59 Å². The van der Waals surface area contributed by atoms with Crippen LogP contribution in [0, 0.1) is 5.82 Å². The topological polar surface area (TPSA) is 70.7 Å². The van der Waals surface area contributed by atoms with E-state index in [1.807, 2.05) is 10.6 Å². The summed E-state index contributed by atoms with van der Waals surface area (Å²) in [6, 6.07) is 6.98. The van der Waals surface area contributed by atoms with E-state index in [4.69, 9.17) is 4.42 Å². The van der Waals surface area contributed by atoms with Crippen molar-refractivity contribution in [2.75, 3.05) is 44.2 Å². The third-order valence-electron chi connectivity index (χ3n) is 6.68. The van der Waals surface area contributed by atoms with Crippen LogP contribution in [0.2, 0.25) is 0 Å². The Hall–Kier alpha value is -3.13. The van der Waals surface area contributed by atoms with Gasteiger partial charge in [-0.05, 0) is 43.7 Å². The fourth-order valence-electron chi connectivity index (χ4n) is 4.57. The van der Waals surface area contributed by atoms with Crippen LogP contribution in [-0.2, 0) is 6.42 Å². The van der Waals surface area contributed by atoms with Crippen LogP contribution >= 0.6 is 0 Å². The van der Waals surface area contributed by atoms with Crippen LogP contribution in [0.4, 0.5) is 10.1 Å². The highest BCUT2D eigenvalue weighted by molar-refractivity contribution is 5.98. The first-order chi connectivity index (χ1) is 16.0. The lowest BCUT2D eigenvalue weighted by Crippen LogP contribution is -2.46. The van der Waals surface area contributed by atoms with Crippen molar-refractivity contribution in [1.82, 2.24) is 14.8 Å². The van der Waals surface area contributed by atoms with Crippen molar-refractivity contribution in [2.45, 2.75) is 32.2 Å². The van der Waals surface area contributed by atoms with E-state index >= 15 is 4.39 Å². The lowest BCUT2D eigenvalue weighted by Gasteiger charge is -2.35. The summed E-state index contributed by atoms with van der Waals surface area (Å²) in [5.74, 6) is -0.0936. The number of pyridine rings is 1. The van der Waals surface area contributed by atoms with Crippen molar-refractivity contribution in [3.8, 4) is 0 Å². The number of benzene rings is 1. The number of anilines is 1. The number of nitrogens with zero attached hydrogens (tertiary/aromatic N) is 3. The summed E-state index contributed by atoms with van der Waals surface area (Å²) < 4.78 is 22.5. The van der Waals surface area contributed by atoms with E-state index in [1.54, 1.807) is 24.6 Å². The maximum atomic E-state index is 15.2. The Morgan fingerprint density at radius 2 is 2.00 bits per heavy atom. The summed E-state index contributed by atoms with van der Waals surface area (Å²) in [6.45, 7) is 6.75. The maximum Gasteiger partial charge on any atom is 0.256 e. The molecule has 0 radical (unpaired) electrons. The quantitative estimate of drug-likeness (QED) is 0.596. The zero-order valence-electron chi connectivity index (χ0n) is 18.8. The lowest BCUT2D eigenvalue weighted by molar-refractivity contribution is 0.0952. The second kappa shape index (κ2) is 9.02. The number of hydrogen-bond donors (Lipinski definition) is 1. The summed E-state index contributed by atoms with van der Waals surface area (Å²) in [5, 5.41) is 3.06.